The van der Waals surface area contributed by atoms with E-state index in [-0.39, 0.29) is 12.8 Å². The van der Waals surface area contributed by atoms with Gasteiger partial charge in [0.15, 0.2) is 6.61 Å². The Morgan fingerprint density at radius 2 is 1.82 bits per heavy atom. The van der Waals surface area contributed by atoms with Gasteiger partial charge in [-0.3, -0.25) is 4.79 Å². The molecule has 6 heteroatoms. The molecule has 0 aromatic rings. The van der Waals surface area contributed by atoms with Gasteiger partial charge in [0.05, 0.1) is 5.60 Å². The van der Waals surface area contributed by atoms with Gasteiger partial charge in [0.25, 0.3) is 0 Å². The van der Waals surface area contributed by atoms with Crippen molar-refractivity contribution >= 4 is 5.97 Å². The van der Waals surface area contributed by atoms with E-state index in [9.17, 15) is 23.1 Å². The highest BCUT2D eigenvalue weighted by Crippen LogP contribution is 2.31. The SMILES string of the molecule is O=C(CCC1(O)CCCCC1)OCC(F)(F)F. The number of hydrogen-bond donors (Lipinski definition) is 1. The molecule has 1 rings (SSSR count). The number of rotatable bonds is 4. The fraction of sp³-hybridized carbons (Fsp3) is 0.909. The fourth-order valence-corrected chi connectivity index (χ4v) is 2.03. The summed E-state index contributed by atoms with van der Waals surface area (Å²) in [5, 5.41) is 10.0. The third kappa shape index (κ3) is 5.91. The zero-order chi connectivity index (χ0) is 12.9. The first-order valence-corrected chi connectivity index (χ1v) is 5.76. The van der Waals surface area contributed by atoms with Gasteiger partial charge in [0.2, 0.25) is 0 Å². The zero-order valence-corrected chi connectivity index (χ0v) is 9.55. The number of alkyl halides is 3. The second-order valence-electron chi connectivity index (χ2n) is 4.56. The molecule has 0 bridgehead atoms. The van der Waals surface area contributed by atoms with E-state index in [0.29, 0.717) is 12.8 Å². The van der Waals surface area contributed by atoms with Crippen LogP contribution in [0.1, 0.15) is 44.9 Å². The Balaban J connectivity index is 2.23. The van der Waals surface area contributed by atoms with Crippen molar-refractivity contribution in [3.8, 4) is 0 Å². The molecule has 0 amide bonds. The Kier molecular flexibility index (Phi) is 4.80. The molecule has 0 heterocycles. The summed E-state index contributed by atoms with van der Waals surface area (Å²) >= 11 is 0. The van der Waals surface area contributed by atoms with E-state index in [1.807, 2.05) is 0 Å². The summed E-state index contributed by atoms with van der Waals surface area (Å²) in [5.74, 6) is -0.902. The third-order valence-electron chi connectivity index (χ3n) is 2.98. The minimum Gasteiger partial charge on any atom is -0.456 e. The number of carbonyl (C=O) groups is 1. The predicted molar refractivity (Wildman–Crippen MR) is 54.3 cm³/mol. The highest BCUT2D eigenvalue weighted by molar-refractivity contribution is 5.69. The van der Waals surface area contributed by atoms with E-state index in [4.69, 9.17) is 0 Å². The molecule has 0 aliphatic heterocycles. The molecule has 3 nitrogen and oxygen atoms in total. The molecular formula is C11H17F3O3. The van der Waals surface area contributed by atoms with Crippen molar-refractivity contribution < 1.29 is 27.8 Å². The average Bonchev–Trinajstić information content (AvgIpc) is 2.24. The molecule has 1 saturated carbocycles. The van der Waals surface area contributed by atoms with Crippen LogP contribution < -0.4 is 0 Å². The topological polar surface area (TPSA) is 46.5 Å². The monoisotopic (exact) mass is 254 g/mol. The standard InChI is InChI=1S/C11H17F3O3/c12-11(13,14)8-17-9(15)4-7-10(16)5-2-1-3-6-10/h16H,1-8H2. The first-order valence-electron chi connectivity index (χ1n) is 5.76. The number of hydrogen-bond acceptors (Lipinski definition) is 3. The van der Waals surface area contributed by atoms with Crippen LogP contribution in [0.3, 0.4) is 0 Å². The molecule has 1 fully saturated rings. The molecule has 0 radical (unpaired) electrons. The summed E-state index contributed by atoms with van der Waals surface area (Å²) in [6, 6.07) is 0. The molecule has 0 spiro atoms. The van der Waals surface area contributed by atoms with Gasteiger partial charge >= 0.3 is 12.1 Å². The molecule has 0 aromatic carbocycles. The molecule has 100 valence electrons. The highest BCUT2D eigenvalue weighted by atomic mass is 19.4. The van der Waals surface area contributed by atoms with Gasteiger partial charge in [0.1, 0.15) is 0 Å². The van der Waals surface area contributed by atoms with Crippen LogP contribution in [0.5, 0.6) is 0 Å². The lowest BCUT2D eigenvalue weighted by Crippen LogP contribution is -2.32. The zero-order valence-electron chi connectivity index (χ0n) is 9.55. The maximum absolute atomic E-state index is 11.8. The second-order valence-corrected chi connectivity index (χ2v) is 4.56. The van der Waals surface area contributed by atoms with Crippen molar-refractivity contribution in [2.75, 3.05) is 6.61 Å². The van der Waals surface area contributed by atoms with Crippen LogP contribution in [-0.4, -0.2) is 29.5 Å². The molecule has 1 aliphatic rings. The van der Waals surface area contributed by atoms with Crippen LogP contribution in [0.4, 0.5) is 13.2 Å². The molecule has 0 unspecified atom stereocenters. The van der Waals surface area contributed by atoms with Gasteiger partial charge in [-0.1, -0.05) is 19.3 Å². The third-order valence-corrected chi connectivity index (χ3v) is 2.98. The normalized spacial score (nSPS) is 20.0. The van der Waals surface area contributed by atoms with E-state index in [1.165, 1.54) is 0 Å². The number of ether oxygens (including phenoxy) is 1. The summed E-state index contributed by atoms with van der Waals surface area (Å²) in [7, 11) is 0. The molecular weight excluding hydrogens is 237 g/mol. The summed E-state index contributed by atoms with van der Waals surface area (Å²) in [6.07, 6.45) is -0.393. The first kappa shape index (κ1) is 14.3. The Bertz CT molecular complexity index is 257. The molecule has 0 atom stereocenters. The fourth-order valence-electron chi connectivity index (χ4n) is 2.03. The molecule has 1 aliphatic carbocycles. The minimum atomic E-state index is -4.49. The van der Waals surface area contributed by atoms with Crippen molar-refractivity contribution in [3.63, 3.8) is 0 Å². The summed E-state index contributed by atoms with van der Waals surface area (Å²) < 4.78 is 39.3. The Morgan fingerprint density at radius 1 is 1.24 bits per heavy atom. The number of halogens is 3. The Morgan fingerprint density at radius 3 is 2.35 bits per heavy atom. The molecule has 0 aromatic heterocycles. The molecule has 0 saturated heterocycles. The van der Waals surface area contributed by atoms with Crippen molar-refractivity contribution in [1.82, 2.24) is 0 Å². The lowest BCUT2D eigenvalue weighted by Gasteiger charge is -2.31. The quantitative estimate of drug-likeness (QED) is 0.784. The summed E-state index contributed by atoms with van der Waals surface area (Å²) in [6.45, 7) is -1.55. The van der Waals surface area contributed by atoms with Crippen molar-refractivity contribution in [3.05, 3.63) is 0 Å². The Hall–Kier alpha value is -0.780. The van der Waals surface area contributed by atoms with Crippen LogP contribution in [0, 0.1) is 0 Å². The van der Waals surface area contributed by atoms with E-state index in [0.717, 1.165) is 19.3 Å². The Labute approximate surface area is 97.9 Å². The predicted octanol–water partition coefficient (Wildman–Crippen LogP) is 2.57. The van der Waals surface area contributed by atoms with Gasteiger partial charge < -0.3 is 9.84 Å². The largest absolute Gasteiger partial charge is 0.456 e. The lowest BCUT2D eigenvalue weighted by atomic mass is 9.82. The van der Waals surface area contributed by atoms with E-state index in [1.54, 1.807) is 0 Å². The van der Waals surface area contributed by atoms with Crippen LogP contribution in [0.25, 0.3) is 0 Å². The van der Waals surface area contributed by atoms with Gasteiger partial charge in [-0.25, -0.2) is 0 Å². The minimum absolute atomic E-state index is 0.160. The lowest BCUT2D eigenvalue weighted by molar-refractivity contribution is -0.187. The average molecular weight is 254 g/mol. The van der Waals surface area contributed by atoms with Crippen molar-refractivity contribution in [1.29, 1.82) is 0 Å². The maximum atomic E-state index is 11.8. The second kappa shape index (κ2) is 5.71. The van der Waals surface area contributed by atoms with Crippen molar-refractivity contribution in [2.24, 2.45) is 0 Å². The van der Waals surface area contributed by atoms with E-state index < -0.39 is 24.4 Å². The van der Waals surface area contributed by atoms with Crippen LogP contribution >= 0.6 is 0 Å². The van der Waals surface area contributed by atoms with Gasteiger partial charge in [-0.15, -0.1) is 0 Å². The molecule has 17 heavy (non-hydrogen) atoms. The summed E-state index contributed by atoms with van der Waals surface area (Å²) in [5.41, 5.74) is -0.893. The van der Waals surface area contributed by atoms with Crippen LogP contribution in [0.2, 0.25) is 0 Å². The number of esters is 1. The van der Waals surface area contributed by atoms with Gasteiger partial charge in [-0.05, 0) is 19.3 Å². The number of aliphatic hydroxyl groups is 1. The van der Waals surface area contributed by atoms with E-state index in [2.05, 4.69) is 4.74 Å². The van der Waals surface area contributed by atoms with Gasteiger partial charge in [0, 0.05) is 6.42 Å². The number of carbonyl (C=O) groups excluding carboxylic acids is 1. The first-order chi connectivity index (χ1) is 7.81. The smallest absolute Gasteiger partial charge is 0.422 e. The van der Waals surface area contributed by atoms with Crippen LogP contribution in [-0.2, 0) is 9.53 Å². The summed E-state index contributed by atoms with van der Waals surface area (Å²) in [4.78, 5) is 11.0. The molecule has 1 N–H and O–H groups in total. The maximum Gasteiger partial charge on any atom is 0.422 e. The van der Waals surface area contributed by atoms with E-state index >= 15 is 0 Å². The highest BCUT2D eigenvalue weighted by Gasteiger charge is 2.32. The van der Waals surface area contributed by atoms with Gasteiger partial charge in [-0.2, -0.15) is 13.2 Å². The van der Waals surface area contributed by atoms with Crippen LogP contribution in [0.15, 0.2) is 0 Å². The van der Waals surface area contributed by atoms with Crippen molar-refractivity contribution in [2.45, 2.75) is 56.7 Å².